The van der Waals surface area contributed by atoms with Crippen molar-refractivity contribution in [2.24, 2.45) is 0 Å². The van der Waals surface area contributed by atoms with Crippen molar-refractivity contribution in [3.05, 3.63) is 23.3 Å². The van der Waals surface area contributed by atoms with Gasteiger partial charge in [0.25, 0.3) is 0 Å². The highest BCUT2D eigenvalue weighted by Gasteiger charge is 2.22. The number of nitrogen functional groups attached to an aromatic ring is 2. The van der Waals surface area contributed by atoms with E-state index in [1.807, 2.05) is 6.07 Å². The maximum absolute atomic E-state index is 6.02. The maximum atomic E-state index is 6.02. The van der Waals surface area contributed by atoms with Gasteiger partial charge in [0.15, 0.2) is 0 Å². The summed E-state index contributed by atoms with van der Waals surface area (Å²) < 4.78 is 0. The minimum atomic E-state index is 0.174. The minimum absolute atomic E-state index is 0.174. The molecule has 15 heavy (non-hydrogen) atoms. The zero-order valence-electron chi connectivity index (χ0n) is 10.2. The fraction of sp³-hybridized carbons (Fsp3) is 0.538. The number of hydrogen-bond acceptors (Lipinski definition) is 2. The Hall–Kier alpha value is -1.18. The normalized spacial score (nSPS) is 11.7. The fourth-order valence-corrected chi connectivity index (χ4v) is 1.89. The van der Waals surface area contributed by atoms with Crippen LogP contribution in [0.1, 0.15) is 45.2 Å². The van der Waals surface area contributed by atoms with Crippen LogP contribution < -0.4 is 11.5 Å². The van der Waals surface area contributed by atoms with Gasteiger partial charge in [0.1, 0.15) is 0 Å². The highest BCUT2D eigenvalue weighted by atomic mass is 14.7. The van der Waals surface area contributed by atoms with E-state index in [0.717, 1.165) is 18.5 Å². The van der Waals surface area contributed by atoms with Crippen LogP contribution in [-0.2, 0) is 11.8 Å². The molecule has 0 radical (unpaired) electrons. The molecule has 0 amide bonds. The lowest BCUT2D eigenvalue weighted by Crippen LogP contribution is -2.19. The van der Waals surface area contributed by atoms with Crippen LogP contribution in [0, 0.1) is 0 Å². The molecule has 1 rings (SSSR count). The van der Waals surface area contributed by atoms with E-state index in [0.29, 0.717) is 5.69 Å². The van der Waals surface area contributed by atoms with Crippen molar-refractivity contribution in [2.75, 3.05) is 11.5 Å². The van der Waals surface area contributed by atoms with Gasteiger partial charge < -0.3 is 11.5 Å². The summed E-state index contributed by atoms with van der Waals surface area (Å²) in [5, 5.41) is 0. The van der Waals surface area contributed by atoms with E-state index in [1.165, 1.54) is 11.1 Å². The Bertz CT molecular complexity index is 354. The molecule has 0 heterocycles. The lowest BCUT2D eigenvalue weighted by molar-refractivity contribution is 0.502. The molecule has 0 atom stereocenters. The van der Waals surface area contributed by atoms with Crippen LogP contribution in [0.5, 0.6) is 0 Å². The van der Waals surface area contributed by atoms with E-state index in [1.54, 1.807) is 0 Å². The van der Waals surface area contributed by atoms with Gasteiger partial charge in [0.05, 0.1) is 11.4 Å². The quantitative estimate of drug-likeness (QED) is 0.747. The number of hydrogen-bond donors (Lipinski definition) is 2. The SMILES string of the molecule is CCc1c(C(C)(C)CC)ccc(N)c1N. The molecule has 0 saturated carbocycles. The zero-order valence-corrected chi connectivity index (χ0v) is 10.2. The average molecular weight is 206 g/mol. The van der Waals surface area contributed by atoms with Crippen LogP contribution in [0.15, 0.2) is 12.1 Å². The van der Waals surface area contributed by atoms with Gasteiger partial charge in [-0.05, 0) is 35.4 Å². The summed E-state index contributed by atoms with van der Waals surface area (Å²) in [5.41, 5.74) is 16.0. The first-order valence-corrected chi connectivity index (χ1v) is 5.61. The molecule has 84 valence electrons. The van der Waals surface area contributed by atoms with Crippen molar-refractivity contribution in [1.82, 2.24) is 0 Å². The van der Waals surface area contributed by atoms with Crippen LogP contribution in [-0.4, -0.2) is 0 Å². The van der Waals surface area contributed by atoms with Crippen molar-refractivity contribution in [1.29, 1.82) is 0 Å². The summed E-state index contributed by atoms with van der Waals surface area (Å²) in [6, 6.07) is 4.04. The van der Waals surface area contributed by atoms with Crippen LogP contribution >= 0.6 is 0 Å². The molecule has 0 spiro atoms. The topological polar surface area (TPSA) is 52.0 Å². The zero-order chi connectivity index (χ0) is 11.6. The van der Waals surface area contributed by atoms with E-state index in [4.69, 9.17) is 11.5 Å². The standard InChI is InChI=1S/C13H22N2/c1-5-9-10(13(3,4)6-2)7-8-11(14)12(9)15/h7-8H,5-6,14-15H2,1-4H3. The van der Waals surface area contributed by atoms with Crippen molar-refractivity contribution in [3.8, 4) is 0 Å². The van der Waals surface area contributed by atoms with Crippen LogP contribution in [0.2, 0.25) is 0 Å². The number of rotatable bonds is 3. The van der Waals surface area contributed by atoms with Crippen LogP contribution in [0.4, 0.5) is 11.4 Å². The molecule has 2 heteroatoms. The third-order valence-corrected chi connectivity index (χ3v) is 3.36. The summed E-state index contributed by atoms with van der Waals surface area (Å²) in [4.78, 5) is 0. The summed E-state index contributed by atoms with van der Waals surface area (Å²) >= 11 is 0. The Kier molecular flexibility index (Phi) is 3.28. The second-order valence-corrected chi connectivity index (χ2v) is 4.69. The van der Waals surface area contributed by atoms with Gasteiger partial charge in [0, 0.05) is 0 Å². The van der Waals surface area contributed by atoms with Crippen LogP contribution in [0.3, 0.4) is 0 Å². The van der Waals surface area contributed by atoms with Crippen molar-refractivity contribution in [2.45, 2.75) is 46.0 Å². The molecule has 1 aromatic carbocycles. The predicted molar refractivity (Wildman–Crippen MR) is 68.0 cm³/mol. The molecule has 0 aliphatic heterocycles. The first-order chi connectivity index (χ1) is 6.94. The number of anilines is 2. The smallest absolute Gasteiger partial charge is 0.0583 e. The summed E-state index contributed by atoms with van der Waals surface area (Å²) in [7, 11) is 0. The molecule has 2 nitrogen and oxygen atoms in total. The summed E-state index contributed by atoms with van der Waals surface area (Å²) in [6.07, 6.45) is 2.04. The molecular formula is C13H22N2. The van der Waals surface area contributed by atoms with Gasteiger partial charge in [-0.25, -0.2) is 0 Å². The molecule has 0 aliphatic carbocycles. The van der Waals surface area contributed by atoms with E-state index in [9.17, 15) is 0 Å². The molecule has 1 aromatic rings. The summed E-state index contributed by atoms with van der Waals surface area (Å²) in [6.45, 7) is 8.82. The Morgan fingerprint density at radius 2 is 1.73 bits per heavy atom. The van der Waals surface area contributed by atoms with Crippen molar-refractivity contribution >= 4 is 11.4 Å². The molecule has 0 bridgehead atoms. The largest absolute Gasteiger partial charge is 0.397 e. The van der Waals surface area contributed by atoms with E-state index in [2.05, 4.69) is 33.8 Å². The molecule has 0 saturated heterocycles. The molecular weight excluding hydrogens is 184 g/mol. The van der Waals surface area contributed by atoms with Crippen LogP contribution in [0.25, 0.3) is 0 Å². The molecule has 0 fully saturated rings. The van der Waals surface area contributed by atoms with Gasteiger partial charge in [-0.15, -0.1) is 0 Å². The van der Waals surface area contributed by atoms with Gasteiger partial charge in [-0.1, -0.05) is 33.8 Å². The molecule has 0 unspecified atom stereocenters. The molecule has 0 aromatic heterocycles. The minimum Gasteiger partial charge on any atom is -0.397 e. The lowest BCUT2D eigenvalue weighted by Gasteiger charge is -2.27. The first-order valence-electron chi connectivity index (χ1n) is 5.61. The second kappa shape index (κ2) is 4.13. The second-order valence-electron chi connectivity index (χ2n) is 4.69. The van der Waals surface area contributed by atoms with E-state index in [-0.39, 0.29) is 5.41 Å². The lowest BCUT2D eigenvalue weighted by atomic mass is 9.78. The Labute approximate surface area is 92.7 Å². The number of nitrogens with two attached hydrogens (primary N) is 2. The monoisotopic (exact) mass is 206 g/mol. The van der Waals surface area contributed by atoms with Crippen molar-refractivity contribution < 1.29 is 0 Å². The highest BCUT2D eigenvalue weighted by molar-refractivity contribution is 5.70. The Balaban J connectivity index is 3.37. The molecule has 0 aliphatic rings. The van der Waals surface area contributed by atoms with Gasteiger partial charge in [-0.2, -0.15) is 0 Å². The maximum Gasteiger partial charge on any atom is 0.0583 e. The summed E-state index contributed by atoms with van der Waals surface area (Å²) in [5.74, 6) is 0. The fourth-order valence-electron chi connectivity index (χ4n) is 1.89. The highest BCUT2D eigenvalue weighted by Crippen LogP contribution is 2.34. The number of benzene rings is 1. The molecule has 4 N–H and O–H groups in total. The third-order valence-electron chi connectivity index (χ3n) is 3.36. The Morgan fingerprint density at radius 3 is 2.20 bits per heavy atom. The van der Waals surface area contributed by atoms with E-state index < -0.39 is 0 Å². The van der Waals surface area contributed by atoms with E-state index >= 15 is 0 Å². The van der Waals surface area contributed by atoms with Crippen molar-refractivity contribution in [3.63, 3.8) is 0 Å². The third kappa shape index (κ3) is 2.09. The van der Waals surface area contributed by atoms with Gasteiger partial charge >= 0.3 is 0 Å². The Morgan fingerprint density at radius 1 is 1.13 bits per heavy atom. The first kappa shape index (κ1) is 11.9. The average Bonchev–Trinajstić information content (AvgIpc) is 2.21. The van der Waals surface area contributed by atoms with Gasteiger partial charge in [-0.3, -0.25) is 0 Å². The predicted octanol–water partition coefficient (Wildman–Crippen LogP) is 3.10. The van der Waals surface area contributed by atoms with Gasteiger partial charge in [0.2, 0.25) is 0 Å².